The van der Waals surface area contributed by atoms with Gasteiger partial charge in [0, 0.05) is 12.5 Å². The fourth-order valence-electron chi connectivity index (χ4n) is 2.28. The van der Waals surface area contributed by atoms with Crippen LogP contribution in [0.4, 0.5) is 14.5 Å². The molecule has 1 N–H and O–H groups in total. The largest absolute Gasteiger partial charge is 0.497 e. The third kappa shape index (κ3) is 3.34. The van der Waals surface area contributed by atoms with E-state index in [1.807, 2.05) is 0 Å². The fourth-order valence-corrected chi connectivity index (χ4v) is 2.28. The van der Waals surface area contributed by atoms with Gasteiger partial charge >= 0.3 is 0 Å². The second-order valence-electron chi connectivity index (χ2n) is 5.18. The van der Waals surface area contributed by atoms with Crippen molar-refractivity contribution in [3.63, 3.8) is 0 Å². The number of rotatable bonds is 4. The lowest BCUT2D eigenvalue weighted by molar-refractivity contribution is -0.125. The molecule has 1 atom stereocenters. The lowest BCUT2D eigenvalue weighted by Gasteiger charge is -2.10. The molecule has 0 aromatic heterocycles. The SMILES string of the molecule is COc1ccc(C2=NO[C@@H](C(=O)Nc3ccc(F)cc3F)C2)cc1. The van der Waals surface area contributed by atoms with Crippen molar-refractivity contribution in [1.29, 1.82) is 0 Å². The molecule has 0 saturated heterocycles. The van der Waals surface area contributed by atoms with Gasteiger partial charge in [0.25, 0.3) is 5.91 Å². The van der Waals surface area contributed by atoms with Crippen LogP contribution in [0.15, 0.2) is 47.6 Å². The van der Waals surface area contributed by atoms with Gasteiger partial charge in [0.05, 0.1) is 18.5 Å². The third-order valence-corrected chi connectivity index (χ3v) is 3.57. The Morgan fingerprint density at radius 2 is 2.00 bits per heavy atom. The van der Waals surface area contributed by atoms with Gasteiger partial charge < -0.3 is 14.9 Å². The van der Waals surface area contributed by atoms with Crippen LogP contribution in [-0.2, 0) is 9.63 Å². The molecule has 0 radical (unpaired) electrons. The van der Waals surface area contributed by atoms with E-state index in [9.17, 15) is 13.6 Å². The molecule has 0 spiro atoms. The Kier molecular flexibility index (Phi) is 4.41. The van der Waals surface area contributed by atoms with Crippen LogP contribution < -0.4 is 10.1 Å². The highest BCUT2D eigenvalue weighted by atomic mass is 19.1. The number of ether oxygens (including phenoxy) is 1. The van der Waals surface area contributed by atoms with Gasteiger partial charge in [0.2, 0.25) is 6.10 Å². The molecule has 3 rings (SSSR count). The number of oxime groups is 1. The Bertz CT molecular complexity index is 791. The highest BCUT2D eigenvalue weighted by Crippen LogP contribution is 2.21. The molecule has 0 fully saturated rings. The maximum atomic E-state index is 13.6. The van der Waals surface area contributed by atoms with Crippen molar-refractivity contribution in [3.8, 4) is 5.75 Å². The third-order valence-electron chi connectivity index (χ3n) is 3.57. The Balaban J connectivity index is 1.64. The lowest BCUT2D eigenvalue weighted by Crippen LogP contribution is -2.28. The maximum Gasteiger partial charge on any atom is 0.268 e. The standard InChI is InChI=1S/C17H14F2N2O3/c1-23-12-5-2-10(3-6-12)15-9-16(24-21-15)17(22)20-14-7-4-11(18)8-13(14)19/h2-8,16H,9H2,1H3,(H,20,22)/t16-/m1/s1. The van der Waals surface area contributed by atoms with E-state index in [0.29, 0.717) is 17.5 Å². The summed E-state index contributed by atoms with van der Waals surface area (Å²) < 4.78 is 31.5. The van der Waals surface area contributed by atoms with Gasteiger partial charge in [-0.15, -0.1) is 0 Å². The monoisotopic (exact) mass is 332 g/mol. The number of halogens is 2. The summed E-state index contributed by atoms with van der Waals surface area (Å²) in [5.41, 5.74) is 1.30. The molecule has 2 aromatic rings. The van der Waals surface area contributed by atoms with Crippen LogP contribution in [0.3, 0.4) is 0 Å². The number of carbonyl (C=O) groups excluding carboxylic acids is 1. The normalized spacial score (nSPS) is 16.3. The molecule has 5 nitrogen and oxygen atoms in total. The zero-order chi connectivity index (χ0) is 17.1. The van der Waals surface area contributed by atoms with Gasteiger partial charge in [-0.1, -0.05) is 5.16 Å². The molecule has 7 heteroatoms. The fraction of sp³-hybridized carbons (Fsp3) is 0.176. The number of nitrogens with zero attached hydrogens (tertiary/aromatic N) is 1. The topological polar surface area (TPSA) is 59.9 Å². The van der Waals surface area contributed by atoms with Crippen LogP contribution in [0.5, 0.6) is 5.75 Å². The van der Waals surface area contributed by atoms with Crippen molar-refractivity contribution in [1.82, 2.24) is 0 Å². The van der Waals surface area contributed by atoms with Crippen molar-refractivity contribution >= 4 is 17.3 Å². The van der Waals surface area contributed by atoms with Gasteiger partial charge in [-0.25, -0.2) is 8.78 Å². The van der Waals surface area contributed by atoms with Crippen LogP contribution in [0.1, 0.15) is 12.0 Å². The van der Waals surface area contributed by atoms with Crippen LogP contribution in [0.2, 0.25) is 0 Å². The minimum absolute atomic E-state index is 0.108. The molecule has 2 aromatic carbocycles. The molecule has 0 saturated carbocycles. The summed E-state index contributed by atoms with van der Waals surface area (Å²) >= 11 is 0. The summed E-state index contributed by atoms with van der Waals surface area (Å²) in [7, 11) is 1.57. The minimum atomic E-state index is -0.869. The number of amides is 1. The first-order chi connectivity index (χ1) is 11.6. The lowest BCUT2D eigenvalue weighted by atomic mass is 10.0. The van der Waals surface area contributed by atoms with Gasteiger partial charge in [0.15, 0.2) is 0 Å². The average Bonchev–Trinajstić information content (AvgIpc) is 3.07. The molecule has 1 aliphatic rings. The molecular weight excluding hydrogens is 318 g/mol. The number of benzene rings is 2. The van der Waals surface area contributed by atoms with Crippen LogP contribution in [-0.4, -0.2) is 24.8 Å². The van der Waals surface area contributed by atoms with Gasteiger partial charge in [-0.05, 0) is 42.0 Å². The van der Waals surface area contributed by atoms with Crippen molar-refractivity contribution in [2.45, 2.75) is 12.5 Å². The Morgan fingerprint density at radius 3 is 2.67 bits per heavy atom. The number of methoxy groups -OCH3 is 1. The zero-order valence-corrected chi connectivity index (χ0v) is 12.8. The van der Waals surface area contributed by atoms with E-state index in [-0.39, 0.29) is 12.1 Å². The number of hydrogen-bond acceptors (Lipinski definition) is 4. The number of anilines is 1. The van der Waals surface area contributed by atoms with Crippen LogP contribution in [0, 0.1) is 11.6 Å². The van der Waals surface area contributed by atoms with E-state index in [0.717, 1.165) is 17.7 Å². The molecule has 0 bridgehead atoms. The predicted octanol–water partition coefficient (Wildman–Crippen LogP) is 3.11. The van der Waals surface area contributed by atoms with Gasteiger partial charge in [-0.2, -0.15) is 0 Å². The Labute approximate surface area is 136 Å². The smallest absolute Gasteiger partial charge is 0.268 e. The van der Waals surface area contributed by atoms with Crippen LogP contribution in [0.25, 0.3) is 0 Å². The molecular formula is C17H14F2N2O3. The first-order valence-corrected chi connectivity index (χ1v) is 7.20. The first kappa shape index (κ1) is 15.9. The summed E-state index contributed by atoms with van der Waals surface area (Å²) in [6.45, 7) is 0. The average molecular weight is 332 g/mol. The predicted molar refractivity (Wildman–Crippen MR) is 84.0 cm³/mol. The maximum absolute atomic E-state index is 13.6. The molecule has 0 unspecified atom stereocenters. The summed E-state index contributed by atoms with van der Waals surface area (Å²) in [5.74, 6) is -1.41. The molecule has 0 aliphatic carbocycles. The van der Waals surface area contributed by atoms with Crippen molar-refractivity contribution < 1.29 is 23.1 Å². The number of carbonyl (C=O) groups is 1. The minimum Gasteiger partial charge on any atom is -0.497 e. The summed E-state index contributed by atoms with van der Waals surface area (Å²) in [6.07, 6.45) is -0.618. The Morgan fingerprint density at radius 1 is 1.25 bits per heavy atom. The molecule has 124 valence electrons. The highest BCUT2D eigenvalue weighted by Gasteiger charge is 2.29. The van der Waals surface area contributed by atoms with Gasteiger partial charge in [0.1, 0.15) is 17.4 Å². The summed E-state index contributed by atoms with van der Waals surface area (Å²) in [5, 5.41) is 6.27. The summed E-state index contributed by atoms with van der Waals surface area (Å²) in [4.78, 5) is 17.3. The van der Waals surface area contributed by atoms with Crippen LogP contribution >= 0.6 is 0 Å². The number of nitrogens with one attached hydrogen (secondary N) is 1. The van der Waals surface area contributed by atoms with E-state index in [2.05, 4.69) is 10.5 Å². The number of hydrogen-bond donors (Lipinski definition) is 1. The Hall–Kier alpha value is -2.96. The van der Waals surface area contributed by atoms with E-state index in [1.54, 1.807) is 31.4 Å². The second-order valence-corrected chi connectivity index (χ2v) is 5.18. The van der Waals surface area contributed by atoms with Gasteiger partial charge in [-0.3, -0.25) is 4.79 Å². The quantitative estimate of drug-likeness (QED) is 0.936. The molecule has 1 amide bonds. The van der Waals surface area contributed by atoms with E-state index in [1.165, 1.54) is 0 Å². The highest BCUT2D eigenvalue weighted by molar-refractivity contribution is 6.06. The summed E-state index contributed by atoms with van der Waals surface area (Å²) in [6, 6.07) is 10.1. The first-order valence-electron chi connectivity index (χ1n) is 7.20. The molecule has 1 aliphatic heterocycles. The van der Waals surface area contributed by atoms with Crippen molar-refractivity contribution in [2.24, 2.45) is 5.16 Å². The van der Waals surface area contributed by atoms with E-state index in [4.69, 9.17) is 9.57 Å². The van der Waals surface area contributed by atoms with Crippen molar-refractivity contribution in [2.75, 3.05) is 12.4 Å². The molecule has 1 heterocycles. The zero-order valence-electron chi connectivity index (χ0n) is 12.8. The van der Waals surface area contributed by atoms with Crippen molar-refractivity contribution in [3.05, 3.63) is 59.7 Å². The van der Waals surface area contributed by atoms with E-state index < -0.39 is 23.6 Å². The second kappa shape index (κ2) is 6.66. The van der Waals surface area contributed by atoms with E-state index >= 15 is 0 Å². The molecule has 24 heavy (non-hydrogen) atoms.